The molecule has 1 aliphatic heterocycles. The van der Waals surface area contributed by atoms with Crippen molar-refractivity contribution in [1.29, 1.82) is 0 Å². The van der Waals surface area contributed by atoms with Crippen LogP contribution in [0.15, 0.2) is 36.4 Å². The third kappa shape index (κ3) is 2.59. The summed E-state index contributed by atoms with van der Waals surface area (Å²) in [5, 5.41) is 2.37. The first kappa shape index (κ1) is 14.9. The van der Waals surface area contributed by atoms with E-state index in [1.54, 1.807) is 0 Å². The van der Waals surface area contributed by atoms with Crippen molar-refractivity contribution in [3.63, 3.8) is 0 Å². The topological polar surface area (TPSA) is 18.5 Å². The summed E-state index contributed by atoms with van der Waals surface area (Å²) in [6, 6.07) is 12.6. The average molecular weight is 303 g/mol. The molecule has 2 aromatic rings. The van der Waals surface area contributed by atoms with Gasteiger partial charge in [-0.1, -0.05) is 30.3 Å². The van der Waals surface area contributed by atoms with Crippen molar-refractivity contribution in [2.45, 2.75) is 44.8 Å². The monoisotopic (exact) mass is 302 g/mol. The predicted octanol–water partition coefficient (Wildman–Crippen LogP) is 3.88. The van der Waals surface area contributed by atoms with E-state index in [1.807, 2.05) is 0 Å². The molecule has 1 aliphatic rings. The molecule has 0 atom stereocenters. The Morgan fingerprint density at radius 2 is 1.48 bits per heavy atom. The van der Waals surface area contributed by atoms with E-state index >= 15 is 0 Å². The molecule has 0 aliphatic carbocycles. The van der Waals surface area contributed by atoms with Crippen LogP contribution in [0.4, 0.5) is 0 Å². The summed E-state index contributed by atoms with van der Waals surface area (Å²) < 4.78 is 12.2. The van der Waals surface area contributed by atoms with Crippen molar-refractivity contribution in [2.24, 2.45) is 0 Å². The van der Waals surface area contributed by atoms with Gasteiger partial charge in [0, 0.05) is 5.88 Å². The zero-order valence-corrected chi connectivity index (χ0v) is 13.7. The molecule has 0 saturated carbocycles. The van der Waals surface area contributed by atoms with E-state index in [4.69, 9.17) is 20.9 Å². The second-order valence-corrected chi connectivity index (χ2v) is 6.93. The highest BCUT2D eigenvalue weighted by Gasteiger charge is 2.51. The first-order valence-corrected chi connectivity index (χ1v) is 7.80. The van der Waals surface area contributed by atoms with E-state index in [-0.39, 0.29) is 18.3 Å². The molecule has 1 saturated heterocycles. The number of hydrogen-bond acceptors (Lipinski definition) is 2. The lowest BCUT2D eigenvalue weighted by Crippen LogP contribution is -2.41. The Morgan fingerprint density at radius 1 is 0.905 bits per heavy atom. The zero-order chi connectivity index (χ0) is 15.3. The van der Waals surface area contributed by atoms with Crippen LogP contribution in [-0.2, 0) is 15.2 Å². The van der Waals surface area contributed by atoms with Gasteiger partial charge in [-0.05, 0) is 55.6 Å². The van der Waals surface area contributed by atoms with Crippen LogP contribution in [0.5, 0.6) is 0 Å². The lowest BCUT2D eigenvalue weighted by molar-refractivity contribution is 0.00578. The Kier molecular flexibility index (Phi) is 3.55. The summed E-state index contributed by atoms with van der Waals surface area (Å²) in [5.41, 5.74) is 1.57. The van der Waals surface area contributed by atoms with Gasteiger partial charge in [0.1, 0.15) is 0 Å². The lowest BCUT2D eigenvalue weighted by Gasteiger charge is -2.32. The molecule has 2 nitrogen and oxygen atoms in total. The second kappa shape index (κ2) is 5.01. The van der Waals surface area contributed by atoms with Gasteiger partial charge in [-0.15, -0.1) is 11.6 Å². The number of hydrogen-bond donors (Lipinski definition) is 0. The van der Waals surface area contributed by atoms with Crippen LogP contribution in [0.3, 0.4) is 0 Å². The normalized spacial score (nSPS) is 20.1. The molecule has 110 valence electrons. The van der Waals surface area contributed by atoms with Gasteiger partial charge < -0.3 is 9.31 Å². The summed E-state index contributed by atoms with van der Waals surface area (Å²) in [5.74, 6) is 0.537. The molecule has 0 bridgehead atoms. The van der Waals surface area contributed by atoms with Gasteiger partial charge in [0.15, 0.2) is 0 Å². The number of alkyl halides is 1. The molecule has 0 radical (unpaired) electrons. The quantitative estimate of drug-likeness (QED) is 0.619. The number of benzene rings is 2. The maximum Gasteiger partial charge on any atom is 0.494 e. The maximum atomic E-state index is 6.10. The Hall–Kier alpha value is -1.03. The van der Waals surface area contributed by atoms with E-state index in [0.29, 0.717) is 5.88 Å². The molecule has 0 amide bonds. The van der Waals surface area contributed by atoms with Crippen LogP contribution in [0.2, 0.25) is 0 Å². The molecular weight excluding hydrogens is 282 g/mol. The number of halogens is 1. The second-order valence-electron chi connectivity index (χ2n) is 6.66. The first-order chi connectivity index (χ1) is 9.82. The minimum absolute atomic E-state index is 0.310. The molecule has 1 heterocycles. The SMILES string of the molecule is CC1(C)OB(c2ccc3cc(CCl)ccc3c2)OC1(C)C. The summed E-state index contributed by atoms with van der Waals surface area (Å²) in [6.07, 6.45) is 0. The van der Waals surface area contributed by atoms with E-state index in [2.05, 4.69) is 64.1 Å². The van der Waals surface area contributed by atoms with Gasteiger partial charge in [-0.25, -0.2) is 0 Å². The van der Waals surface area contributed by atoms with E-state index < -0.39 is 0 Å². The van der Waals surface area contributed by atoms with Crippen LogP contribution in [0.1, 0.15) is 33.3 Å². The van der Waals surface area contributed by atoms with Crippen LogP contribution in [0.25, 0.3) is 10.8 Å². The van der Waals surface area contributed by atoms with Gasteiger partial charge in [0.25, 0.3) is 0 Å². The molecule has 0 unspecified atom stereocenters. The summed E-state index contributed by atoms with van der Waals surface area (Å²) in [4.78, 5) is 0. The van der Waals surface area contributed by atoms with Crippen LogP contribution in [-0.4, -0.2) is 18.3 Å². The van der Waals surface area contributed by atoms with Crippen molar-refractivity contribution in [3.05, 3.63) is 42.0 Å². The fraction of sp³-hybridized carbons (Fsp3) is 0.412. The molecule has 1 fully saturated rings. The third-order valence-electron chi connectivity index (χ3n) is 4.61. The van der Waals surface area contributed by atoms with Crippen LogP contribution in [0, 0.1) is 0 Å². The largest absolute Gasteiger partial charge is 0.494 e. The zero-order valence-electron chi connectivity index (χ0n) is 12.9. The highest BCUT2D eigenvalue weighted by molar-refractivity contribution is 6.62. The van der Waals surface area contributed by atoms with Gasteiger partial charge in [-0.2, -0.15) is 0 Å². The van der Waals surface area contributed by atoms with Crippen LogP contribution >= 0.6 is 11.6 Å². The van der Waals surface area contributed by atoms with Crippen molar-refractivity contribution in [1.82, 2.24) is 0 Å². The Labute approximate surface area is 131 Å². The molecule has 3 rings (SSSR count). The molecule has 0 spiro atoms. The Morgan fingerprint density at radius 3 is 2.10 bits per heavy atom. The molecule has 2 aromatic carbocycles. The minimum atomic E-state index is -0.313. The van der Waals surface area contributed by atoms with Crippen molar-refractivity contribution in [3.8, 4) is 0 Å². The highest BCUT2D eigenvalue weighted by atomic mass is 35.5. The Balaban J connectivity index is 1.96. The molecule has 0 N–H and O–H groups in total. The van der Waals surface area contributed by atoms with Gasteiger partial charge >= 0.3 is 7.12 Å². The van der Waals surface area contributed by atoms with Gasteiger partial charge in [0.2, 0.25) is 0 Å². The van der Waals surface area contributed by atoms with Gasteiger partial charge in [0.05, 0.1) is 11.2 Å². The van der Waals surface area contributed by atoms with Gasteiger partial charge in [-0.3, -0.25) is 0 Å². The maximum absolute atomic E-state index is 6.10. The van der Waals surface area contributed by atoms with Crippen molar-refractivity contribution >= 4 is 35.0 Å². The van der Waals surface area contributed by atoms with Crippen LogP contribution < -0.4 is 5.46 Å². The number of rotatable bonds is 2. The molecule has 0 aromatic heterocycles. The fourth-order valence-corrected chi connectivity index (χ4v) is 2.69. The van der Waals surface area contributed by atoms with E-state index in [9.17, 15) is 0 Å². The summed E-state index contributed by atoms with van der Waals surface area (Å²) in [7, 11) is -0.313. The molecular formula is C17H20BClO2. The van der Waals surface area contributed by atoms with E-state index in [1.165, 1.54) is 10.8 Å². The smallest absolute Gasteiger partial charge is 0.399 e. The predicted molar refractivity (Wildman–Crippen MR) is 89.2 cm³/mol. The lowest BCUT2D eigenvalue weighted by atomic mass is 9.78. The third-order valence-corrected chi connectivity index (χ3v) is 4.92. The van der Waals surface area contributed by atoms with Crippen molar-refractivity contribution in [2.75, 3.05) is 0 Å². The minimum Gasteiger partial charge on any atom is -0.399 e. The molecule has 4 heteroatoms. The number of fused-ring (bicyclic) bond motifs is 1. The first-order valence-electron chi connectivity index (χ1n) is 7.27. The fourth-order valence-electron chi connectivity index (χ4n) is 2.52. The standard InChI is InChI=1S/C17H20BClO2/c1-16(2)17(3,4)21-18(20-16)15-8-7-13-9-12(11-19)5-6-14(13)10-15/h5-10H,11H2,1-4H3. The molecule has 21 heavy (non-hydrogen) atoms. The Bertz CT molecular complexity index is 666. The summed E-state index contributed by atoms with van der Waals surface area (Å²) in [6.45, 7) is 8.28. The summed E-state index contributed by atoms with van der Waals surface area (Å²) >= 11 is 5.88. The van der Waals surface area contributed by atoms with Crippen molar-refractivity contribution < 1.29 is 9.31 Å². The van der Waals surface area contributed by atoms with E-state index in [0.717, 1.165) is 11.0 Å². The highest BCUT2D eigenvalue weighted by Crippen LogP contribution is 2.36. The average Bonchev–Trinajstić information content (AvgIpc) is 2.66.